The van der Waals surface area contributed by atoms with Gasteiger partial charge >= 0.3 is 0 Å². The van der Waals surface area contributed by atoms with Gasteiger partial charge in [-0.05, 0) is 12.1 Å². The van der Waals surface area contributed by atoms with Crippen molar-refractivity contribution in [2.24, 2.45) is 5.73 Å². The SMILES string of the molecule is Cc1nc(C(N)c2cc3cccc(Cl)c3o2)co1. The molecule has 1 unspecified atom stereocenters. The number of halogens is 1. The standard InChI is InChI=1S/C13H11ClN2O2/c1-7-16-10(6-17-7)12(15)11-5-8-3-2-4-9(14)13(8)18-11/h2-6,12H,15H2,1H3. The summed E-state index contributed by atoms with van der Waals surface area (Å²) >= 11 is 6.06. The second kappa shape index (κ2) is 4.15. The van der Waals surface area contributed by atoms with Gasteiger partial charge in [-0.3, -0.25) is 0 Å². The second-order valence-corrected chi connectivity index (χ2v) is 4.48. The highest BCUT2D eigenvalue weighted by molar-refractivity contribution is 6.34. The lowest BCUT2D eigenvalue weighted by molar-refractivity contribution is 0.510. The molecule has 3 rings (SSSR count). The van der Waals surface area contributed by atoms with Crippen LogP contribution in [0.25, 0.3) is 11.0 Å². The lowest BCUT2D eigenvalue weighted by atomic mass is 10.1. The van der Waals surface area contributed by atoms with E-state index in [9.17, 15) is 0 Å². The molecule has 0 radical (unpaired) electrons. The normalized spacial score (nSPS) is 13.1. The molecule has 18 heavy (non-hydrogen) atoms. The molecule has 0 saturated carbocycles. The molecule has 2 N–H and O–H groups in total. The van der Waals surface area contributed by atoms with Gasteiger partial charge in [0.25, 0.3) is 0 Å². The fourth-order valence-corrected chi connectivity index (χ4v) is 2.09. The number of hydrogen-bond donors (Lipinski definition) is 1. The topological polar surface area (TPSA) is 65.2 Å². The van der Waals surface area contributed by atoms with Gasteiger partial charge in [-0.15, -0.1) is 0 Å². The molecule has 2 aromatic heterocycles. The van der Waals surface area contributed by atoms with Crippen LogP contribution >= 0.6 is 11.6 Å². The van der Waals surface area contributed by atoms with Crippen LogP contribution in [0.3, 0.4) is 0 Å². The largest absolute Gasteiger partial charge is 0.457 e. The zero-order valence-corrected chi connectivity index (χ0v) is 10.4. The van der Waals surface area contributed by atoms with Crippen LogP contribution in [0.15, 0.2) is 39.4 Å². The summed E-state index contributed by atoms with van der Waals surface area (Å²) in [5.74, 6) is 1.20. The Hall–Kier alpha value is -1.78. The third-order valence-corrected chi connectivity index (χ3v) is 3.07. The summed E-state index contributed by atoms with van der Waals surface area (Å²) in [4.78, 5) is 4.19. The quantitative estimate of drug-likeness (QED) is 0.768. The molecule has 0 aliphatic rings. The Kier molecular flexibility index (Phi) is 2.61. The minimum Gasteiger partial charge on any atom is -0.457 e. The highest BCUT2D eigenvalue weighted by atomic mass is 35.5. The van der Waals surface area contributed by atoms with Crippen molar-refractivity contribution in [2.75, 3.05) is 0 Å². The zero-order valence-electron chi connectivity index (χ0n) is 9.68. The van der Waals surface area contributed by atoms with E-state index in [1.165, 1.54) is 6.26 Å². The first-order chi connectivity index (χ1) is 8.65. The Balaban J connectivity index is 2.06. The third kappa shape index (κ3) is 1.79. The smallest absolute Gasteiger partial charge is 0.191 e. The van der Waals surface area contributed by atoms with Crippen molar-refractivity contribution in [3.05, 3.63) is 52.9 Å². The first-order valence-electron chi connectivity index (χ1n) is 5.50. The predicted molar refractivity (Wildman–Crippen MR) is 68.5 cm³/mol. The van der Waals surface area contributed by atoms with E-state index in [1.54, 1.807) is 13.0 Å². The van der Waals surface area contributed by atoms with E-state index in [-0.39, 0.29) is 0 Å². The molecule has 0 spiro atoms. The van der Waals surface area contributed by atoms with Crippen LogP contribution in [0.4, 0.5) is 0 Å². The number of aromatic nitrogens is 1. The number of nitrogens with zero attached hydrogens (tertiary/aromatic N) is 1. The Bertz CT molecular complexity index is 702. The van der Waals surface area contributed by atoms with E-state index in [2.05, 4.69) is 4.98 Å². The van der Waals surface area contributed by atoms with Gasteiger partial charge in [0.2, 0.25) is 0 Å². The van der Waals surface area contributed by atoms with E-state index in [4.69, 9.17) is 26.2 Å². The van der Waals surface area contributed by atoms with E-state index < -0.39 is 6.04 Å². The minimum atomic E-state index is -0.453. The van der Waals surface area contributed by atoms with E-state index in [0.29, 0.717) is 28.0 Å². The van der Waals surface area contributed by atoms with Gasteiger partial charge in [0, 0.05) is 12.3 Å². The molecule has 1 aromatic carbocycles. The number of benzene rings is 1. The molecule has 0 fully saturated rings. The van der Waals surface area contributed by atoms with Gasteiger partial charge in [-0.2, -0.15) is 0 Å². The summed E-state index contributed by atoms with van der Waals surface area (Å²) in [6.45, 7) is 1.77. The predicted octanol–water partition coefficient (Wildman–Crippen LogP) is 3.43. The summed E-state index contributed by atoms with van der Waals surface area (Å²) in [5.41, 5.74) is 7.37. The van der Waals surface area contributed by atoms with E-state index in [0.717, 1.165) is 5.39 Å². The van der Waals surface area contributed by atoms with Gasteiger partial charge in [-0.1, -0.05) is 23.7 Å². The number of rotatable bonds is 2. The third-order valence-electron chi connectivity index (χ3n) is 2.78. The van der Waals surface area contributed by atoms with E-state index in [1.807, 2.05) is 18.2 Å². The average molecular weight is 263 g/mol. The molecule has 0 saturated heterocycles. The lowest BCUT2D eigenvalue weighted by Crippen LogP contribution is -2.11. The van der Waals surface area contributed by atoms with Crippen molar-refractivity contribution in [1.29, 1.82) is 0 Å². The number of aryl methyl sites for hydroxylation is 1. The molecule has 2 heterocycles. The van der Waals surface area contributed by atoms with Crippen molar-refractivity contribution in [3.63, 3.8) is 0 Å². The lowest BCUT2D eigenvalue weighted by Gasteiger charge is -2.02. The zero-order chi connectivity index (χ0) is 12.7. The van der Waals surface area contributed by atoms with Crippen molar-refractivity contribution >= 4 is 22.6 Å². The number of hydrogen-bond acceptors (Lipinski definition) is 4. The van der Waals surface area contributed by atoms with E-state index >= 15 is 0 Å². The van der Waals surface area contributed by atoms with Gasteiger partial charge < -0.3 is 14.6 Å². The molecule has 0 bridgehead atoms. The first kappa shape index (κ1) is 11.3. The van der Waals surface area contributed by atoms with Gasteiger partial charge in [0.05, 0.1) is 5.02 Å². The summed E-state index contributed by atoms with van der Waals surface area (Å²) in [6.07, 6.45) is 1.54. The molecule has 0 amide bonds. The van der Waals surface area contributed by atoms with Crippen molar-refractivity contribution < 1.29 is 8.83 Å². The maximum Gasteiger partial charge on any atom is 0.191 e. The summed E-state index contributed by atoms with van der Waals surface area (Å²) in [5, 5.41) is 1.50. The molecule has 0 aliphatic heterocycles. The molecule has 1 atom stereocenters. The maximum absolute atomic E-state index is 6.08. The highest BCUT2D eigenvalue weighted by Crippen LogP contribution is 2.30. The van der Waals surface area contributed by atoms with Crippen molar-refractivity contribution in [3.8, 4) is 0 Å². The van der Waals surface area contributed by atoms with Gasteiger partial charge in [0.1, 0.15) is 23.8 Å². The Labute approximate surface area is 108 Å². The van der Waals surface area contributed by atoms with Crippen LogP contribution in [-0.2, 0) is 0 Å². The number of para-hydroxylation sites is 1. The molecular formula is C13H11ClN2O2. The molecule has 5 heteroatoms. The van der Waals surface area contributed by atoms with Crippen LogP contribution in [0.5, 0.6) is 0 Å². The van der Waals surface area contributed by atoms with Crippen LogP contribution in [0.1, 0.15) is 23.4 Å². The monoisotopic (exact) mass is 262 g/mol. The number of nitrogens with two attached hydrogens (primary N) is 1. The fraction of sp³-hybridized carbons (Fsp3) is 0.154. The first-order valence-corrected chi connectivity index (χ1v) is 5.88. The highest BCUT2D eigenvalue weighted by Gasteiger charge is 2.18. The summed E-state index contributed by atoms with van der Waals surface area (Å²) in [7, 11) is 0. The summed E-state index contributed by atoms with van der Waals surface area (Å²) in [6, 6.07) is 7.00. The average Bonchev–Trinajstić information content (AvgIpc) is 2.95. The van der Waals surface area contributed by atoms with Gasteiger partial charge in [0.15, 0.2) is 11.5 Å². The number of furan rings is 1. The Morgan fingerprint density at radius 3 is 2.89 bits per heavy atom. The Morgan fingerprint density at radius 1 is 1.39 bits per heavy atom. The van der Waals surface area contributed by atoms with Crippen molar-refractivity contribution in [1.82, 2.24) is 4.98 Å². The van der Waals surface area contributed by atoms with Crippen molar-refractivity contribution in [2.45, 2.75) is 13.0 Å². The summed E-state index contributed by atoms with van der Waals surface area (Å²) < 4.78 is 10.8. The fourth-order valence-electron chi connectivity index (χ4n) is 1.87. The molecular weight excluding hydrogens is 252 g/mol. The minimum absolute atomic E-state index is 0.453. The Morgan fingerprint density at radius 2 is 2.22 bits per heavy atom. The molecule has 3 aromatic rings. The maximum atomic E-state index is 6.08. The molecule has 92 valence electrons. The van der Waals surface area contributed by atoms with Crippen LogP contribution in [0.2, 0.25) is 5.02 Å². The van der Waals surface area contributed by atoms with Crippen LogP contribution < -0.4 is 5.73 Å². The number of fused-ring (bicyclic) bond motifs is 1. The molecule has 4 nitrogen and oxygen atoms in total. The van der Waals surface area contributed by atoms with Crippen LogP contribution in [-0.4, -0.2) is 4.98 Å². The molecule has 0 aliphatic carbocycles. The second-order valence-electron chi connectivity index (χ2n) is 4.08. The number of oxazole rings is 1. The van der Waals surface area contributed by atoms with Gasteiger partial charge in [-0.25, -0.2) is 4.98 Å². The van der Waals surface area contributed by atoms with Crippen LogP contribution in [0, 0.1) is 6.92 Å².